The normalized spacial score (nSPS) is 21.3. The van der Waals surface area contributed by atoms with Crippen molar-refractivity contribution in [2.24, 2.45) is 11.1 Å². The zero-order valence-electron chi connectivity index (χ0n) is 15.9. The van der Waals surface area contributed by atoms with Crippen molar-refractivity contribution in [2.75, 3.05) is 18.0 Å². The van der Waals surface area contributed by atoms with E-state index in [0.717, 1.165) is 53.7 Å². The summed E-state index contributed by atoms with van der Waals surface area (Å²) in [5, 5.41) is 9.70. The second-order valence-electron chi connectivity index (χ2n) is 7.97. The Morgan fingerprint density at radius 1 is 1.14 bits per heavy atom. The molecule has 0 bridgehead atoms. The zero-order chi connectivity index (χ0) is 20.0. The first-order valence-electron chi connectivity index (χ1n) is 9.88. The SMILES string of the molecule is N[C@@H]1CCCC12CCN(c1ncc(Sc3ccc(Cl)cc3Cl)c3nncn13)CC2. The summed E-state index contributed by atoms with van der Waals surface area (Å²) in [5.41, 5.74) is 7.54. The third-order valence-electron chi connectivity index (χ3n) is 6.41. The number of halogens is 2. The Bertz CT molecular complexity index is 1050. The molecule has 0 radical (unpaired) electrons. The second kappa shape index (κ2) is 7.61. The van der Waals surface area contributed by atoms with Gasteiger partial charge in [-0.25, -0.2) is 9.38 Å². The van der Waals surface area contributed by atoms with Crippen LogP contribution >= 0.6 is 35.0 Å². The van der Waals surface area contributed by atoms with E-state index < -0.39 is 0 Å². The Morgan fingerprint density at radius 2 is 1.97 bits per heavy atom. The average Bonchev–Trinajstić information content (AvgIpc) is 3.33. The summed E-state index contributed by atoms with van der Waals surface area (Å²) in [6.07, 6.45) is 9.51. The largest absolute Gasteiger partial charge is 0.342 e. The first-order valence-corrected chi connectivity index (χ1v) is 11.5. The van der Waals surface area contributed by atoms with Crippen molar-refractivity contribution in [2.45, 2.75) is 47.9 Å². The van der Waals surface area contributed by atoms with Crippen LogP contribution in [0.2, 0.25) is 10.0 Å². The highest BCUT2D eigenvalue weighted by Crippen LogP contribution is 2.46. The van der Waals surface area contributed by atoms with Gasteiger partial charge in [0.2, 0.25) is 5.95 Å². The van der Waals surface area contributed by atoms with Crippen molar-refractivity contribution in [1.82, 2.24) is 19.6 Å². The van der Waals surface area contributed by atoms with E-state index in [4.69, 9.17) is 33.9 Å². The minimum absolute atomic E-state index is 0.323. The maximum absolute atomic E-state index is 6.44. The molecule has 1 saturated carbocycles. The van der Waals surface area contributed by atoms with Gasteiger partial charge in [0.1, 0.15) is 6.33 Å². The maximum Gasteiger partial charge on any atom is 0.212 e. The van der Waals surface area contributed by atoms with Crippen LogP contribution in [0.3, 0.4) is 0 Å². The van der Waals surface area contributed by atoms with Crippen LogP contribution in [-0.2, 0) is 0 Å². The van der Waals surface area contributed by atoms with E-state index in [9.17, 15) is 0 Å². The van der Waals surface area contributed by atoms with Crippen LogP contribution in [0.1, 0.15) is 32.1 Å². The second-order valence-corrected chi connectivity index (χ2v) is 9.90. The molecule has 1 spiro atoms. The van der Waals surface area contributed by atoms with Crippen molar-refractivity contribution < 1.29 is 0 Å². The lowest BCUT2D eigenvalue weighted by Gasteiger charge is -2.42. The molecule has 3 heterocycles. The van der Waals surface area contributed by atoms with Crippen molar-refractivity contribution in [3.05, 3.63) is 40.8 Å². The number of hydrogen-bond donors (Lipinski definition) is 1. The predicted octanol–water partition coefficient (Wildman–Crippen LogP) is 4.68. The van der Waals surface area contributed by atoms with Crippen LogP contribution in [0.15, 0.2) is 40.5 Å². The van der Waals surface area contributed by atoms with E-state index in [1.54, 1.807) is 12.4 Å². The van der Waals surface area contributed by atoms with E-state index in [1.807, 2.05) is 22.7 Å². The molecule has 1 aliphatic carbocycles. The quantitative estimate of drug-likeness (QED) is 0.626. The van der Waals surface area contributed by atoms with E-state index >= 15 is 0 Å². The molecule has 1 aliphatic heterocycles. The summed E-state index contributed by atoms with van der Waals surface area (Å²) in [4.78, 5) is 8.91. The van der Waals surface area contributed by atoms with Gasteiger partial charge in [-0.2, -0.15) is 0 Å². The average molecular weight is 449 g/mol. The molecule has 152 valence electrons. The fourth-order valence-electron chi connectivity index (χ4n) is 4.71. The molecule has 2 fully saturated rings. The number of benzene rings is 1. The smallest absolute Gasteiger partial charge is 0.212 e. The number of aromatic nitrogens is 4. The third-order valence-corrected chi connectivity index (χ3v) is 8.16. The number of rotatable bonds is 3. The van der Waals surface area contributed by atoms with Crippen LogP contribution in [0.4, 0.5) is 5.95 Å². The molecule has 2 aromatic heterocycles. The molecule has 3 aromatic rings. The highest BCUT2D eigenvalue weighted by Gasteiger charge is 2.43. The Hall–Kier alpha value is -1.54. The summed E-state index contributed by atoms with van der Waals surface area (Å²) < 4.78 is 1.97. The van der Waals surface area contributed by atoms with Gasteiger partial charge in [-0.05, 0) is 49.3 Å². The lowest BCUT2D eigenvalue weighted by molar-refractivity contribution is 0.197. The van der Waals surface area contributed by atoms with Crippen LogP contribution < -0.4 is 10.6 Å². The number of nitrogens with two attached hydrogens (primary N) is 1. The molecular weight excluding hydrogens is 427 g/mol. The number of hydrogen-bond acceptors (Lipinski definition) is 6. The number of piperidine rings is 1. The molecule has 6 nitrogen and oxygen atoms in total. The fourth-order valence-corrected chi connectivity index (χ4v) is 6.10. The molecule has 0 amide bonds. The molecular formula is C20H22Cl2N6S. The topological polar surface area (TPSA) is 72.3 Å². The number of anilines is 1. The van der Waals surface area contributed by atoms with Gasteiger partial charge < -0.3 is 10.6 Å². The Balaban J connectivity index is 1.41. The van der Waals surface area contributed by atoms with Crippen molar-refractivity contribution in [1.29, 1.82) is 0 Å². The Morgan fingerprint density at radius 3 is 2.69 bits per heavy atom. The van der Waals surface area contributed by atoms with E-state index in [2.05, 4.69) is 15.1 Å². The van der Waals surface area contributed by atoms with Crippen molar-refractivity contribution >= 4 is 46.6 Å². The van der Waals surface area contributed by atoms with E-state index in [-0.39, 0.29) is 0 Å². The highest BCUT2D eigenvalue weighted by atomic mass is 35.5. The van der Waals surface area contributed by atoms with Crippen LogP contribution in [-0.4, -0.2) is 38.7 Å². The molecule has 9 heteroatoms. The van der Waals surface area contributed by atoms with Gasteiger partial charge in [0.05, 0.1) is 9.92 Å². The Labute approximate surface area is 183 Å². The van der Waals surface area contributed by atoms with Gasteiger partial charge in [-0.1, -0.05) is 41.4 Å². The molecule has 1 aromatic carbocycles. The first-order chi connectivity index (χ1) is 14.1. The summed E-state index contributed by atoms with van der Waals surface area (Å²) in [5.74, 6) is 0.887. The minimum Gasteiger partial charge on any atom is -0.342 e. The lowest BCUT2D eigenvalue weighted by Crippen LogP contribution is -2.47. The van der Waals surface area contributed by atoms with Gasteiger partial charge in [-0.3, -0.25) is 0 Å². The van der Waals surface area contributed by atoms with Gasteiger partial charge in [0, 0.05) is 35.2 Å². The molecule has 2 N–H and O–H groups in total. The van der Waals surface area contributed by atoms with Gasteiger partial charge in [0.15, 0.2) is 5.65 Å². The third kappa shape index (κ3) is 3.48. The molecule has 1 atom stereocenters. The molecule has 1 saturated heterocycles. The molecule has 2 aliphatic rings. The van der Waals surface area contributed by atoms with Gasteiger partial charge in [0.25, 0.3) is 0 Å². The Kier molecular flexibility index (Phi) is 5.10. The zero-order valence-corrected chi connectivity index (χ0v) is 18.2. The van der Waals surface area contributed by atoms with Crippen molar-refractivity contribution in [3.63, 3.8) is 0 Å². The molecule has 0 unspecified atom stereocenters. The van der Waals surface area contributed by atoms with Gasteiger partial charge >= 0.3 is 0 Å². The van der Waals surface area contributed by atoms with Gasteiger partial charge in [-0.15, -0.1) is 10.2 Å². The molecule has 29 heavy (non-hydrogen) atoms. The van der Waals surface area contributed by atoms with Crippen LogP contribution in [0.25, 0.3) is 5.65 Å². The number of fused-ring (bicyclic) bond motifs is 1. The van der Waals surface area contributed by atoms with E-state index in [1.165, 1.54) is 24.6 Å². The number of nitrogens with zero attached hydrogens (tertiary/aromatic N) is 5. The predicted molar refractivity (Wildman–Crippen MR) is 117 cm³/mol. The minimum atomic E-state index is 0.323. The van der Waals surface area contributed by atoms with Crippen LogP contribution in [0, 0.1) is 5.41 Å². The monoisotopic (exact) mass is 448 g/mol. The van der Waals surface area contributed by atoms with E-state index in [0.29, 0.717) is 21.5 Å². The highest BCUT2D eigenvalue weighted by molar-refractivity contribution is 7.99. The van der Waals surface area contributed by atoms with Crippen molar-refractivity contribution in [3.8, 4) is 0 Å². The summed E-state index contributed by atoms with van der Waals surface area (Å²) in [6, 6.07) is 5.82. The summed E-state index contributed by atoms with van der Waals surface area (Å²) in [6.45, 7) is 1.92. The summed E-state index contributed by atoms with van der Waals surface area (Å²) >= 11 is 13.9. The summed E-state index contributed by atoms with van der Waals surface area (Å²) in [7, 11) is 0. The van der Waals surface area contributed by atoms with Crippen LogP contribution in [0.5, 0.6) is 0 Å². The maximum atomic E-state index is 6.44. The first kappa shape index (κ1) is 19.4. The lowest BCUT2D eigenvalue weighted by atomic mass is 9.74. The molecule has 5 rings (SSSR count). The standard InChI is InChI=1S/C20H22Cl2N6S/c21-13-3-4-15(14(22)10-13)29-16-11-24-19(28-12-25-26-18(16)28)27-8-6-20(7-9-27)5-1-2-17(20)23/h3-4,10-12,17H,1-2,5-9,23H2/t17-/m1/s1. The fraction of sp³-hybridized carbons (Fsp3) is 0.450.